The molecule has 5 nitrogen and oxygen atoms in total. The first-order valence-electron chi connectivity index (χ1n) is 5.66. The average molecular weight is 277 g/mol. The van der Waals surface area contributed by atoms with Gasteiger partial charge in [-0.05, 0) is 19.9 Å². The van der Waals surface area contributed by atoms with Gasteiger partial charge in [0.15, 0.2) is 5.13 Å². The van der Waals surface area contributed by atoms with Gasteiger partial charge in [0.25, 0.3) is 0 Å². The number of hydrogen-bond acceptors (Lipinski definition) is 5. The second-order valence-corrected chi connectivity index (χ2v) is 6.70. The molecule has 0 radical (unpaired) electrons. The van der Waals surface area contributed by atoms with Crippen LogP contribution in [-0.4, -0.2) is 32.2 Å². The minimum Gasteiger partial charge on any atom is -0.316 e. The van der Waals surface area contributed by atoms with Gasteiger partial charge in [-0.3, -0.25) is 4.72 Å². The van der Waals surface area contributed by atoms with E-state index in [0.29, 0.717) is 11.7 Å². The average Bonchev–Trinajstić information content (AvgIpc) is 2.58. The van der Waals surface area contributed by atoms with Gasteiger partial charge in [-0.1, -0.05) is 13.8 Å². The topological polar surface area (TPSA) is 71.1 Å². The van der Waals surface area contributed by atoms with E-state index in [-0.39, 0.29) is 5.75 Å². The summed E-state index contributed by atoms with van der Waals surface area (Å²) in [5.74, 6) is 0.0704. The van der Waals surface area contributed by atoms with Crippen LogP contribution in [0.2, 0.25) is 0 Å². The lowest BCUT2D eigenvalue weighted by Gasteiger charge is -2.04. The first-order chi connectivity index (χ1) is 7.98. The highest BCUT2D eigenvalue weighted by atomic mass is 32.2. The maximum absolute atomic E-state index is 11.7. The van der Waals surface area contributed by atoms with Gasteiger partial charge in [-0.25, -0.2) is 13.4 Å². The molecule has 0 spiro atoms. The van der Waals surface area contributed by atoms with E-state index in [1.165, 1.54) is 11.3 Å². The highest BCUT2D eigenvalue weighted by Crippen LogP contribution is 2.23. The number of rotatable bonds is 7. The van der Waals surface area contributed by atoms with Crippen molar-refractivity contribution in [2.24, 2.45) is 0 Å². The van der Waals surface area contributed by atoms with Crippen molar-refractivity contribution in [2.75, 3.05) is 23.6 Å². The van der Waals surface area contributed by atoms with Crippen molar-refractivity contribution in [1.29, 1.82) is 0 Å². The van der Waals surface area contributed by atoms with Crippen LogP contribution in [0.5, 0.6) is 0 Å². The van der Waals surface area contributed by atoms with Crippen LogP contribution in [0.25, 0.3) is 0 Å². The van der Waals surface area contributed by atoms with E-state index >= 15 is 0 Å². The summed E-state index contributed by atoms with van der Waals surface area (Å²) >= 11 is 1.38. The lowest BCUT2D eigenvalue weighted by Crippen LogP contribution is -2.26. The van der Waals surface area contributed by atoms with Crippen LogP contribution in [0.1, 0.15) is 24.4 Å². The maximum Gasteiger partial charge on any atom is 0.235 e. The normalized spacial score (nSPS) is 11.7. The number of thiazole rings is 1. The van der Waals surface area contributed by atoms with E-state index in [1.807, 2.05) is 20.8 Å². The largest absolute Gasteiger partial charge is 0.316 e. The molecule has 1 rings (SSSR count). The smallest absolute Gasteiger partial charge is 0.235 e. The van der Waals surface area contributed by atoms with Crippen molar-refractivity contribution < 1.29 is 8.42 Å². The molecule has 0 aliphatic heterocycles. The molecule has 0 amide bonds. The second kappa shape index (κ2) is 6.32. The van der Waals surface area contributed by atoms with Crippen molar-refractivity contribution >= 4 is 26.5 Å². The van der Waals surface area contributed by atoms with Crippen LogP contribution in [-0.2, 0) is 16.4 Å². The van der Waals surface area contributed by atoms with Gasteiger partial charge in [-0.2, -0.15) is 0 Å². The van der Waals surface area contributed by atoms with Crippen LogP contribution in [0, 0.1) is 6.92 Å². The lowest BCUT2D eigenvalue weighted by molar-refractivity contribution is 0.597. The first kappa shape index (κ1) is 14.4. The number of anilines is 1. The molecule has 0 aromatic carbocycles. The van der Waals surface area contributed by atoms with E-state index in [1.54, 1.807) is 0 Å². The number of aromatic nitrogens is 1. The van der Waals surface area contributed by atoms with Gasteiger partial charge in [0.2, 0.25) is 10.0 Å². The lowest BCUT2D eigenvalue weighted by atomic mass is 10.3. The highest BCUT2D eigenvalue weighted by Gasteiger charge is 2.13. The fraction of sp³-hybridized carbons (Fsp3) is 0.700. The quantitative estimate of drug-likeness (QED) is 0.738. The summed E-state index contributed by atoms with van der Waals surface area (Å²) in [5.41, 5.74) is 0.958. The molecule has 1 heterocycles. The molecule has 1 aromatic heterocycles. The first-order valence-corrected chi connectivity index (χ1v) is 8.13. The third-order valence-electron chi connectivity index (χ3n) is 2.27. The minimum atomic E-state index is -3.28. The fourth-order valence-corrected chi connectivity index (χ4v) is 3.50. The number of hydrogen-bond donors (Lipinski definition) is 2. The number of aryl methyl sites for hydroxylation is 2. The Morgan fingerprint density at radius 3 is 2.59 bits per heavy atom. The molecule has 2 N–H and O–H groups in total. The van der Waals surface area contributed by atoms with Gasteiger partial charge < -0.3 is 5.32 Å². The van der Waals surface area contributed by atoms with Gasteiger partial charge in [0, 0.05) is 11.4 Å². The Morgan fingerprint density at radius 1 is 1.35 bits per heavy atom. The Labute approximate surface area is 107 Å². The number of nitrogens with zero attached hydrogens (tertiary/aromatic N) is 1. The summed E-state index contributed by atoms with van der Waals surface area (Å²) in [6.45, 7) is 7.12. The highest BCUT2D eigenvalue weighted by molar-refractivity contribution is 7.92. The van der Waals surface area contributed by atoms with Crippen LogP contribution < -0.4 is 10.0 Å². The molecule has 98 valence electrons. The predicted octanol–water partition coefficient (Wildman–Crippen LogP) is 1.37. The molecule has 0 saturated carbocycles. The Kier molecular flexibility index (Phi) is 5.35. The van der Waals surface area contributed by atoms with E-state index in [9.17, 15) is 8.42 Å². The molecular formula is C10H19N3O2S2. The van der Waals surface area contributed by atoms with Gasteiger partial charge in [-0.15, -0.1) is 11.3 Å². The summed E-state index contributed by atoms with van der Waals surface area (Å²) in [4.78, 5) is 5.32. The van der Waals surface area contributed by atoms with Gasteiger partial charge in [0.1, 0.15) is 0 Å². The Bertz CT molecular complexity index is 454. The van der Waals surface area contributed by atoms with Gasteiger partial charge >= 0.3 is 0 Å². The molecule has 17 heavy (non-hydrogen) atoms. The van der Waals surface area contributed by atoms with Crippen molar-refractivity contribution in [1.82, 2.24) is 10.3 Å². The molecule has 0 fully saturated rings. The predicted molar refractivity (Wildman–Crippen MR) is 72.2 cm³/mol. The molecule has 0 aliphatic rings. The molecule has 7 heteroatoms. The summed E-state index contributed by atoms with van der Waals surface area (Å²) in [7, 11) is -3.28. The van der Waals surface area contributed by atoms with Crippen molar-refractivity contribution in [3.8, 4) is 0 Å². The zero-order valence-electron chi connectivity index (χ0n) is 10.4. The van der Waals surface area contributed by atoms with Crippen molar-refractivity contribution in [3.05, 3.63) is 10.6 Å². The Morgan fingerprint density at radius 2 is 2.06 bits per heavy atom. The van der Waals surface area contributed by atoms with Crippen molar-refractivity contribution in [2.45, 2.75) is 27.2 Å². The monoisotopic (exact) mass is 277 g/mol. The van der Waals surface area contributed by atoms with Crippen LogP contribution in [0.4, 0.5) is 5.13 Å². The van der Waals surface area contributed by atoms with Crippen molar-refractivity contribution in [3.63, 3.8) is 0 Å². The summed E-state index contributed by atoms with van der Waals surface area (Å²) in [6.07, 6.45) is 0.821. The molecule has 0 saturated heterocycles. The van der Waals surface area contributed by atoms with E-state index in [4.69, 9.17) is 0 Å². The van der Waals surface area contributed by atoms with Crippen LogP contribution in [0.3, 0.4) is 0 Å². The SMILES string of the molecule is CCNCCS(=O)(=O)Nc1nc(CC)c(C)s1. The van der Waals surface area contributed by atoms with Crippen LogP contribution >= 0.6 is 11.3 Å². The van der Waals surface area contributed by atoms with Gasteiger partial charge in [0.05, 0.1) is 11.4 Å². The minimum absolute atomic E-state index is 0.0704. The Hall–Kier alpha value is -0.660. The summed E-state index contributed by atoms with van der Waals surface area (Å²) in [6, 6.07) is 0. The van der Waals surface area contributed by atoms with E-state index in [2.05, 4.69) is 15.0 Å². The molecule has 0 bridgehead atoms. The molecular weight excluding hydrogens is 258 g/mol. The maximum atomic E-state index is 11.7. The second-order valence-electron chi connectivity index (χ2n) is 3.65. The standard InChI is InChI=1S/C10H19N3O2S2/c1-4-9-8(3)16-10(12-9)13-17(14,15)7-6-11-5-2/h11H,4-7H2,1-3H3,(H,12,13). The molecule has 0 aliphatic carbocycles. The molecule has 1 aromatic rings. The number of nitrogens with one attached hydrogen (secondary N) is 2. The van der Waals surface area contributed by atoms with E-state index in [0.717, 1.165) is 23.5 Å². The Balaban J connectivity index is 2.63. The van der Waals surface area contributed by atoms with E-state index < -0.39 is 10.0 Å². The zero-order valence-corrected chi connectivity index (χ0v) is 12.0. The fourth-order valence-electron chi connectivity index (χ4n) is 1.37. The zero-order chi connectivity index (χ0) is 12.9. The third kappa shape index (κ3) is 4.61. The third-order valence-corrected chi connectivity index (χ3v) is 4.57. The summed E-state index contributed by atoms with van der Waals surface area (Å²) in [5, 5.41) is 3.45. The molecule has 0 atom stereocenters. The summed E-state index contributed by atoms with van der Waals surface area (Å²) < 4.78 is 25.9. The molecule has 0 unspecified atom stereocenters. The van der Waals surface area contributed by atoms with Crippen LogP contribution in [0.15, 0.2) is 0 Å². The number of sulfonamides is 1.